The molecule has 0 amide bonds. The number of aryl methyl sites for hydroxylation is 1. The minimum absolute atomic E-state index is 0.192. The molecule has 0 aliphatic heterocycles. The van der Waals surface area contributed by atoms with Crippen molar-refractivity contribution in [3.8, 4) is 16.9 Å². The van der Waals surface area contributed by atoms with Crippen LogP contribution in [-0.2, 0) is 40.0 Å². The van der Waals surface area contributed by atoms with Crippen LogP contribution in [0.5, 0.6) is 5.75 Å². The van der Waals surface area contributed by atoms with Crippen LogP contribution in [-0.4, -0.2) is 48.6 Å². The fourth-order valence-corrected chi connectivity index (χ4v) is 5.21. The van der Waals surface area contributed by atoms with E-state index in [0.29, 0.717) is 62.4 Å². The molecular weight excluding hydrogens is 621 g/mol. The number of ether oxygens (including phenoxy) is 3. The molecule has 0 aliphatic rings. The Kier molecular flexibility index (Phi) is 13.1. The van der Waals surface area contributed by atoms with Gasteiger partial charge in [-0.1, -0.05) is 48.5 Å². The van der Waals surface area contributed by atoms with E-state index < -0.39 is 11.7 Å². The lowest BCUT2D eigenvalue weighted by molar-refractivity contribution is -0.143. The highest BCUT2D eigenvalue weighted by Crippen LogP contribution is 2.31. The fourth-order valence-electron chi connectivity index (χ4n) is 5.21. The smallest absolute Gasteiger partial charge is 0.416 e. The number of rotatable bonds is 16. The molecule has 0 atom stereocenters. The Balaban J connectivity index is 1.40. The standard InChI is InChI=1S/C38H41F3N2O5/c1-4-47-36(44)7-5-6-23-43(25-28-9-15-32(16-10-28)37(45)46-3)24-22-34-35(21-8-27(2)42-34)48-26-29-11-13-30(14-12-29)31-17-19-33(20-18-31)38(39,40)41/h8-21H,4-7,22-26H2,1-3H3. The second-order valence-corrected chi connectivity index (χ2v) is 11.4. The molecule has 7 nitrogen and oxygen atoms in total. The summed E-state index contributed by atoms with van der Waals surface area (Å²) in [5.41, 5.74) is 4.98. The molecule has 4 aromatic rings. The zero-order chi connectivity index (χ0) is 34.5. The SMILES string of the molecule is CCOC(=O)CCCCN(CCc1nc(C)ccc1OCc1ccc(-c2ccc(C(F)(F)F)cc2)cc1)Cc1ccc(C(=O)OC)cc1. The number of methoxy groups -OCH3 is 1. The summed E-state index contributed by atoms with van der Waals surface area (Å²) < 4.78 is 54.9. The first-order valence-corrected chi connectivity index (χ1v) is 16.0. The summed E-state index contributed by atoms with van der Waals surface area (Å²) in [5, 5.41) is 0. The lowest BCUT2D eigenvalue weighted by Crippen LogP contribution is -2.27. The van der Waals surface area contributed by atoms with Crippen molar-refractivity contribution in [3.63, 3.8) is 0 Å². The van der Waals surface area contributed by atoms with Crippen LogP contribution < -0.4 is 4.74 Å². The number of alkyl halides is 3. The van der Waals surface area contributed by atoms with Gasteiger partial charge in [0, 0.05) is 31.6 Å². The van der Waals surface area contributed by atoms with E-state index in [0.717, 1.165) is 53.2 Å². The molecule has 0 aliphatic carbocycles. The minimum atomic E-state index is -4.37. The first kappa shape index (κ1) is 36.1. The van der Waals surface area contributed by atoms with Gasteiger partial charge in [0.05, 0.1) is 30.5 Å². The molecule has 0 N–H and O–H groups in total. The molecule has 1 aromatic heterocycles. The summed E-state index contributed by atoms with van der Waals surface area (Å²) >= 11 is 0. The predicted molar refractivity (Wildman–Crippen MR) is 177 cm³/mol. The predicted octanol–water partition coefficient (Wildman–Crippen LogP) is 8.22. The van der Waals surface area contributed by atoms with Gasteiger partial charge >= 0.3 is 18.1 Å². The minimum Gasteiger partial charge on any atom is -0.487 e. The van der Waals surface area contributed by atoms with Crippen LogP contribution in [0.15, 0.2) is 84.9 Å². The number of nitrogens with zero attached hydrogens (tertiary/aromatic N) is 2. The van der Waals surface area contributed by atoms with Gasteiger partial charge in [0.2, 0.25) is 0 Å². The van der Waals surface area contributed by atoms with Gasteiger partial charge in [-0.25, -0.2) is 4.79 Å². The Bertz CT molecular complexity index is 1620. The van der Waals surface area contributed by atoms with E-state index >= 15 is 0 Å². The van der Waals surface area contributed by atoms with E-state index in [1.165, 1.54) is 19.2 Å². The number of esters is 2. The van der Waals surface area contributed by atoms with Crippen molar-refractivity contribution < 1.29 is 37.0 Å². The average Bonchev–Trinajstić information content (AvgIpc) is 3.08. The molecule has 4 rings (SSSR count). The number of unbranched alkanes of at least 4 members (excludes halogenated alkanes) is 1. The van der Waals surface area contributed by atoms with Gasteiger partial charge < -0.3 is 14.2 Å². The van der Waals surface area contributed by atoms with Gasteiger partial charge in [0.1, 0.15) is 12.4 Å². The Labute approximate surface area is 279 Å². The maximum Gasteiger partial charge on any atom is 0.416 e. The zero-order valence-electron chi connectivity index (χ0n) is 27.5. The fraction of sp³-hybridized carbons (Fsp3) is 0.342. The summed E-state index contributed by atoms with van der Waals surface area (Å²) in [7, 11) is 1.36. The maximum atomic E-state index is 12.9. The Morgan fingerprint density at radius 3 is 2.08 bits per heavy atom. The molecular formula is C38H41F3N2O5. The Morgan fingerprint density at radius 1 is 0.812 bits per heavy atom. The highest BCUT2D eigenvalue weighted by atomic mass is 19.4. The van der Waals surface area contributed by atoms with Crippen molar-refractivity contribution in [2.75, 3.05) is 26.8 Å². The van der Waals surface area contributed by atoms with Crippen LogP contribution in [0, 0.1) is 6.92 Å². The number of pyridine rings is 1. The number of hydrogen-bond acceptors (Lipinski definition) is 7. The Morgan fingerprint density at radius 2 is 1.46 bits per heavy atom. The number of carbonyl (C=O) groups excluding carboxylic acids is 2. The second kappa shape index (κ2) is 17.5. The van der Waals surface area contributed by atoms with Crippen molar-refractivity contribution in [1.82, 2.24) is 9.88 Å². The van der Waals surface area contributed by atoms with Gasteiger partial charge in [0.25, 0.3) is 0 Å². The molecule has 0 bridgehead atoms. The lowest BCUT2D eigenvalue weighted by atomic mass is 10.0. The van der Waals surface area contributed by atoms with Crippen molar-refractivity contribution >= 4 is 11.9 Å². The van der Waals surface area contributed by atoms with Crippen molar-refractivity contribution in [2.24, 2.45) is 0 Å². The Hall–Kier alpha value is -4.70. The topological polar surface area (TPSA) is 78.0 Å². The highest BCUT2D eigenvalue weighted by molar-refractivity contribution is 5.89. The van der Waals surface area contributed by atoms with E-state index in [1.54, 1.807) is 19.1 Å². The number of hydrogen-bond donors (Lipinski definition) is 0. The summed E-state index contributed by atoms with van der Waals surface area (Å²) in [6, 6.07) is 23.8. The molecule has 0 radical (unpaired) electrons. The molecule has 3 aromatic carbocycles. The molecule has 0 saturated heterocycles. The quantitative estimate of drug-likeness (QED) is 0.0884. The van der Waals surface area contributed by atoms with Crippen LogP contribution in [0.4, 0.5) is 13.2 Å². The van der Waals surface area contributed by atoms with E-state index in [1.807, 2.05) is 55.5 Å². The number of carbonyl (C=O) groups is 2. The van der Waals surface area contributed by atoms with Crippen LogP contribution in [0.2, 0.25) is 0 Å². The molecule has 0 unspecified atom stereocenters. The molecule has 254 valence electrons. The molecule has 0 fully saturated rings. The van der Waals surface area contributed by atoms with Crippen LogP contribution in [0.25, 0.3) is 11.1 Å². The molecule has 0 spiro atoms. The first-order valence-electron chi connectivity index (χ1n) is 16.0. The average molecular weight is 663 g/mol. The summed E-state index contributed by atoms with van der Waals surface area (Å²) in [4.78, 5) is 30.8. The van der Waals surface area contributed by atoms with Gasteiger partial charge in [-0.05, 0) is 91.9 Å². The van der Waals surface area contributed by atoms with Gasteiger partial charge in [-0.3, -0.25) is 14.7 Å². The number of halogens is 3. The number of benzene rings is 3. The third-order valence-corrected chi connectivity index (χ3v) is 7.82. The van der Waals surface area contributed by atoms with E-state index in [-0.39, 0.29) is 11.9 Å². The van der Waals surface area contributed by atoms with E-state index in [4.69, 9.17) is 19.2 Å². The van der Waals surface area contributed by atoms with Gasteiger partial charge in [-0.2, -0.15) is 13.2 Å². The molecule has 1 heterocycles. The van der Waals surface area contributed by atoms with E-state index in [2.05, 4.69) is 4.90 Å². The first-order chi connectivity index (χ1) is 23.0. The maximum absolute atomic E-state index is 12.9. The molecule has 0 saturated carbocycles. The van der Waals surface area contributed by atoms with Crippen molar-refractivity contribution in [3.05, 3.63) is 119 Å². The summed E-state index contributed by atoms with van der Waals surface area (Å²) in [6.45, 7) is 6.49. The molecule has 48 heavy (non-hydrogen) atoms. The molecule has 10 heteroatoms. The van der Waals surface area contributed by atoms with Gasteiger partial charge in [0.15, 0.2) is 0 Å². The van der Waals surface area contributed by atoms with Gasteiger partial charge in [-0.15, -0.1) is 0 Å². The van der Waals surface area contributed by atoms with Crippen LogP contribution in [0.3, 0.4) is 0 Å². The van der Waals surface area contributed by atoms with Crippen LogP contribution in [0.1, 0.15) is 64.6 Å². The third kappa shape index (κ3) is 10.9. The third-order valence-electron chi connectivity index (χ3n) is 7.82. The summed E-state index contributed by atoms with van der Waals surface area (Å²) in [6.07, 6.45) is -1.84. The van der Waals surface area contributed by atoms with E-state index in [9.17, 15) is 22.8 Å². The monoisotopic (exact) mass is 662 g/mol. The van der Waals surface area contributed by atoms with Crippen molar-refractivity contribution in [1.29, 1.82) is 0 Å². The second-order valence-electron chi connectivity index (χ2n) is 11.4. The number of aromatic nitrogens is 1. The summed E-state index contributed by atoms with van der Waals surface area (Å²) in [5.74, 6) is 0.102. The van der Waals surface area contributed by atoms with Crippen LogP contribution >= 0.6 is 0 Å². The zero-order valence-corrected chi connectivity index (χ0v) is 27.5. The lowest BCUT2D eigenvalue weighted by Gasteiger charge is -2.23. The highest BCUT2D eigenvalue weighted by Gasteiger charge is 2.30. The normalized spacial score (nSPS) is 11.4. The van der Waals surface area contributed by atoms with Crippen molar-refractivity contribution in [2.45, 2.75) is 58.9 Å². The largest absolute Gasteiger partial charge is 0.487 e.